The standard InChI is InChI=1S/C8H13FO/c1-8(2)5-6(10)3-4-7(8)9/h3-4,6-7,10H,5H2,1-2H3. The second-order valence-corrected chi connectivity index (χ2v) is 3.55. The van der Waals surface area contributed by atoms with Crippen LogP contribution in [0.4, 0.5) is 4.39 Å². The number of hydrogen-bond donors (Lipinski definition) is 1. The van der Waals surface area contributed by atoms with Gasteiger partial charge < -0.3 is 5.11 Å². The van der Waals surface area contributed by atoms with Crippen LogP contribution in [0.1, 0.15) is 20.3 Å². The van der Waals surface area contributed by atoms with E-state index in [2.05, 4.69) is 0 Å². The smallest absolute Gasteiger partial charge is 0.123 e. The normalized spacial score (nSPS) is 38.0. The first kappa shape index (κ1) is 7.73. The molecule has 1 N–H and O–H groups in total. The summed E-state index contributed by atoms with van der Waals surface area (Å²) in [5.74, 6) is 0. The van der Waals surface area contributed by atoms with Gasteiger partial charge in [0.2, 0.25) is 0 Å². The van der Waals surface area contributed by atoms with Crippen molar-refractivity contribution in [2.75, 3.05) is 0 Å². The summed E-state index contributed by atoms with van der Waals surface area (Å²) in [7, 11) is 0. The van der Waals surface area contributed by atoms with Crippen molar-refractivity contribution in [1.82, 2.24) is 0 Å². The number of halogens is 1. The molecule has 0 bridgehead atoms. The highest BCUT2D eigenvalue weighted by Crippen LogP contribution is 2.33. The maximum Gasteiger partial charge on any atom is 0.123 e. The van der Waals surface area contributed by atoms with Gasteiger partial charge in [-0.05, 0) is 6.42 Å². The Labute approximate surface area is 60.6 Å². The average Bonchev–Trinajstić information content (AvgIpc) is 1.78. The topological polar surface area (TPSA) is 20.2 Å². The monoisotopic (exact) mass is 144 g/mol. The minimum absolute atomic E-state index is 0.395. The van der Waals surface area contributed by atoms with Crippen LogP contribution in [0.25, 0.3) is 0 Å². The number of aliphatic hydroxyl groups excluding tert-OH is 1. The van der Waals surface area contributed by atoms with E-state index in [1.165, 1.54) is 12.2 Å². The van der Waals surface area contributed by atoms with Gasteiger partial charge in [-0.15, -0.1) is 0 Å². The largest absolute Gasteiger partial charge is 0.389 e. The highest BCUT2D eigenvalue weighted by Gasteiger charge is 2.32. The van der Waals surface area contributed by atoms with Crippen molar-refractivity contribution in [3.05, 3.63) is 12.2 Å². The molecule has 1 aliphatic rings. The van der Waals surface area contributed by atoms with E-state index < -0.39 is 17.7 Å². The van der Waals surface area contributed by atoms with Gasteiger partial charge in [-0.3, -0.25) is 0 Å². The number of aliphatic hydroxyl groups is 1. The second kappa shape index (κ2) is 2.35. The maximum atomic E-state index is 12.9. The minimum atomic E-state index is -0.907. The van der Waals surface area contributed by atoms with Crippen molar-refractivity contribution >= 4 is 0 Å². The van der Waals surface area contributed by atoms with E-state index in [-0.39, 0.29) is 0 Å². The third-order valence-electron chi connectivity index (χ3n) is 1.98. The number of allylic oxidation sites excluding steroid dienone is 1. The van der Waals surface area contributed by atoms with Crippen molar-refractivity contribution < 1.29 is 9.50 Å². The van der Waals surface area contributed by atoms with E-state index in [0.717, 1.165) is 0 Å². The Morgan fingerprint density at radius 3 is 2.50 bits per heavy atom. The quantitative estimate of drug-likeness (QED) is 0.513. The molecule has 0 spiro atoms. The predicted molar refractivity (Wildman–Crippen MR) is 38.4 cm³/mol. The van der Waals surface area contributed by atoms with Gasteiger partial charge in [0, 0.05) is 5.41 Å². The van der Waals surface area contributed by atoms with Crippen molar-refractivity contribution in [2.24, 2.45) is 5.41 Å². The molecule has 0 aliphatic heterocycles. The van der Waals surface area contributed by atoms with Gasteiger partial charge in [0.25, 0.3) is 0 Å². The molecule has 2 unspecified atom stereocenters. The predicted octanol–water partition coefficient (Wildman–Crippen LogP) is 1.67. The highest BCUT2D eigenvalue weighted by atomic mass is 19.1. The Bertz CT molecular complexity index is 151. The van der Waals surface area contributed by atoms with Crippen molar-refractivity contribution in [3.8, 4) is 0 Å². The molecular formula is C8H13FO. The number of hydrogen-bond acceptors (Lipinski definition) is 1. The Hall–Kier alpha value is -0.370. The molecule has 0 aromatic heterocycles. The van der Waals surface area contributed by atoms with E-state index in [0.29, 0.717) is 6.42 Å². The Balaban J connectivity index is 2.72. The van der Waals surface area contributed by atoms with Crippen LogP contribution < -0.4 is 0 Å². The average molecular weight is 144 g/mol. The fourth-order valence-electron chi connectivity index (χ4n) is 1.21. The van der Waals surface area contributed by atoms with E-state index in [4.69, 9.17) is 5.11 Å². The van der Waals surface area contributed by atoms with Crippen LogP contribution in [0.15, 0.2) is 12.2 Å². The van der Waals surface area contributed by atoms with E-state index in [1.807, 2.05) is 13.8 Å². The van der Waals surface area contributed by atoms with Gasteiger partial charge in [0.1, 0.15) is 6.17 Å². The lowest BCUT2D eigenvalue weighted by molar-refractivity contribution is 0.0869. The Kier molecular flexibility index (Phi) is 1.82. The van der Waals surface area contributed by atoms with Gasteiger partial charge in [0.15, 0.2) is 0 Å². The molecule has 1 nitrogen and oxygen atoms in total. The zero-order valence-electron chi connectivity index (χ0n) is 6.34. The summed E-state index contributed by atoms with van der Waals surface area (Å²) in [6.45, 7) is 3.65. The number of rotatable bonds is 0. The molecule has 10 heavy (non-hydrogen) atoms. The summed E-state index contributed by atoms with van der Waals surface area (Å²) in [5.41, 5.74) is -0.395. The van der Waals surface area contributed by atoms with Gasteiger partial charge in [-0.25, -0.2) is 4.39 Å². The van der Waals surface area contributed by atoms with Crippen LogP contribution in [-0.4, -0.2) is 17.4 Å². The SMILES string of the molecule is CC1(C)CC(O)C=CC1F. The summed E-state index contributed by atoms with van der Waals surface area (Å²) >= 11 is 0. The van der Waals surface area contributed by atoms with Crippen LogP contribution in [0.2, 0.25) is 0 Å². The van der Waals surface area contributed by atoms with Crippen LogP contribution in [0.5, 0.6) is 0 Å². The fourth-order valence-corrected chi connectivity index (χ4v) is 1.21. The maximum absolute atomic E-state index is 12.9. The molecule has 0 saturated heterocycles. The molecule has 58 valence electrons. The summed E-state index contributed by atoms with van der Waals surface area (Å²) in [6, 6.07) is 0. The molecule has 1 rings (SSSR count). The molecule has 2 heteroatoms. The second-order valence-electron chi connectivity index (χ2n) is 3.55. The van der Waals surface area contributed by atoms with Gasteiger partial charge in [0.05, 0.1) is 6.10 Å². The lowest BCUT2D eigenvalue weighted by atomic mass is 9.78. The van der Waals surface area contributed by atoms with Crippen LogP contribution in [0, 0.1) is 5.41 Å². The molecule has 0 aromatic carbocycles. The number of alkyl halides is 1. The molecule has 0 fully saturated rings. The third kappa shape index (κ3) is 1.37. The van der Waals surface area contributed by atoms with Crippen LogP contribution >= 0.6 is 0 Å². The fraction of sp³-hybridized carbons (Fsp3) is 0.750. The minimum Gasteiger partial charge on any atom is -0.389 e. The molecule has 0 radical (unpaired) electrons. The van der Waals surface area contributed by atoms with E-state index in [1.54, 1.807) is 0 Å². The third-order valence-corrected chi connectivity index (χ3v) is 1.98. The Morgan fingerprint density at radius 2 is 2.10 bits per heavy atom. The summed E-state index contributed by atoms with van der Waals surface area (Å²) in [5, 5.41) is 9.11. The molecule has 0 heterocycles. The molecule has 2 atom stereocenters. The van der Waals surface area contributed by atoms with Gasteiger partial charge in [-0.1, -0.05) is 26.0 Å². The van der Waals surface area contributed by atoms with Crippen LogP contribution in [0.3, 0.4) is 0 Å². The van der Waals surface area contributed by atoms with Gasteiger partial charge in [-0.2, -0.15) is 0 Å². The van der Waals surface area contributed by atoms with Crippen molar-refractivity contribution in [3.63, 3.8) is 0 Å². The van der Waals surface area contributed by atoms with E-state index >= 15 is 0 Å². The zero-order chi connectivity index (χ0) is 7.78. The molecule has 0 amide bonds. The van der Waals surface area contributed by atoms with Crippen LogP contribution in [-0.2, 0) is 0 Å². The van der Waals surface area contributed by atoms with Crippen molar-refractivity contribution in [1.29, 1.82) is 0 Å². The first-order valence-electron chi connectivity index (χ1n) is 3.53. The molecular weight excluding hydrogens is 131 g/mol. The highest BCUT2D eigenvalue weighted by molar-refractivity contribution is 5.06. The first-order valence-corrected chi connectivity index (χ1v) is 3.53. The zero-order valence-corrected chi connectivity index (χ0v) is 6.34. The lowest BCUT2D eigenvalue weighted by Crippen LogP contribution is -2.32. The molecule has 0 saturated carbocycles. The van der Waals surface area contributed by atoms with Gasteiger partial charge >= 0.3 is 0 Å². The van der Waals surface area contributed by atoms with Crippen molar-refractivity contribution in [2.45, 2.75) is 32.5 Å². The summed E-state index contributed by atoms with van der Waals surface area (Å²) in [4.78, 5) is 0. The van der Waals surface area contributed by atoms with E-state index in [9.17, 15) is 4.39 Å². The summed E-state index contributed by atoms with van der Waals surface area (Å²) < 4.78 is 12.9. The summed E-state index contributed by atoms with van der Waals surface area (Å²) in [6.07, 6.45) is 2.12. The lowest BCUT2D eigenvalue weighted by Gasteiger charge is -2.31. The first-order chi connectivity index (χ1) is 4.52. The molecule has 0 aromatic rings. The Morgan fingerprint density at radius 1 is 1.50 bits per heavy atom. The molecule has 1 aliphatic carbocycles.